The molecule has 0 unspecified atom stereocenters. The number of rotatable bonds is 1. The average molecular weight is 329 g/mol. The van der Waals surface area contributed by atoms with Crippen molar-refractivity contribution in [1.82, 2.24) is 0 Å². The number of ether oxygens (including phenoxy) is 1. The molecule has 2 N–H and O–H groups in total. The van der Waals surface area contributed by atoms with Crippen LogP contribution in [-0.4, -0.2) is 13.1 Å². The van der Waals surface area contributed by atoms with Crippen molar-refractivity contribution in [2.75, 3.05) is 12.8 Å². The molecule has 0 amide bonds. The van der Waals surface area contributed by atoms with Gasteiger partial charge in [-0.1, -0.05) is 11.6 Å². The predicted octanol–water partition coefficient (Wildman–Crippen LogP) is 2.45. The number of halogens is 3. The summed E-state index contributed by atoms with van der Waals surface area (Å²) in [7, 11) is 1.16. The second kappa shape index (κ2) is 4.31. The number of nitrogen functional groups attached to an aromatic ring is 1. The Kier molecular flexibility index (Phi) is 3.54. The molecule has 0 aliphatic rings. The Balaban J connectivity index is 3.44. The lowest BCUT2D eigenvalue weighted by Crippen LogP contribution is -2.10. The largest absolute Gasteiger partial charge is 0.465 e. The van der Waals surface area contributed by atoms with Gasteiger partial charge in [0.25, 0.3) is 0 Å². The van der Waals surface area contributed by atoms with E-state index in [1.165, 1.54) is 6.07 Å². The van der Waals surface area contributed by atoms with E-state index >= 15 is 0 Å². The van der Waals surface area contributed by atoms with Crippen LogP contribution in [0.1, 0.15) is 10.4 Å². The Morgan fingerprint density at radius 2 is 2.29 bits per heavy atom. The van der Waals surface area contributed by atoms with E-state index in [1.54, 1.807) is 22.6 Å². The van der Waals surface area contributed by atoms with Crippen molar-refractivity contribution in [1.29, 1.82) is 0 Å². The van der Waals surface area contributed by atoms with Crippen molar-refractivity contribution in [3.05, 3.63) is 26.0 Å². The molecule has 14 heavy (non-hydrogen) atoms. The normalized spacial score (nSPS) is 10.0. The standard InChI is InChI=1S/C8H6ClFINO2/c1-14-8(13)5-4(12)2-3(9)7(11)6(5)10/h2H,12H2,1H3. The van der Waals surface area contributed by atoms with Gasteiger partial charge in [0.15, 0.2) is 5.82 Å². The summed E-state index contributed by atoms with van der Waals surface area (Å²) >= 11 is 7.35. The highest BCUT2D eigenvalue weighted by Gasteiger charge is 2.20. The zero-order chi connectivity index (χ0) is 10.9. The van der Waals surface area contributed by atoms with Crippen LogP contribution in [0.5, 0.6) is 0 Å². The number of anilines is 1. The molecule has 6 heteroatoms. The van der Waals surface area contributed by atoms with Gasteiger partial charge in [0.1, 0.15) is 5.56 Å². The van der Waals surface area contributed by atoms with Crippen molar-refractivity contribution in [2.24, 2.45) is 0 Å². The molecule has 0 bridgehead atoms. The van der Waals surface area contributed by atoms with Gasteiger partial charge < -0.3 is 10.5 Å². The Morgan fingerprint density at radius 3 is 2.79 bits per heavy atom. The molecule has 0 saturated carbocycles. The van der Waals surface area contributed by atoms with Gasteiger partial charge in [-0.25, -0.2) is 9.18 Å². The van der Waals surface area contributed by atoms with Gasteiger partial charge in [0.2, 0.25) is 0 Å². The van der Waals surface area contributed by atoms with Gasteiger partial charge >= 0.3 is 5.97 Å². The summed E-state index contributed by atoms with van der Waals surface area (Å²) in [6, 6.07) is 1.32. The van der Waals surface area contributed by atoms with Crippen LogP contribution in [0.4, 0.5) is 10.1 Å². The molecule has 1 aromatic rings. The molecular formula is C8H6ClFINO2. The molecule has 0 atom stereocenters. The fourth-order valence-corrected chi connectivity index (χ4v) is 1.55. The quantitative estimate of drug-likeness (QED) is 0.373. The maximum Gasteiger partial charge on any atom is 0.343 e. The summed E-state index contributed by atoms with van der Waals surface area (Å²) in [4.78, 5) is 11.1. The van der Waals surface area contributed by atoms with E-state index in [9.17, 15) is 9.18 Å². The van der Waals surface area contributed by atoms with Gasteiger partial charge in [-0.15, -0.1) is 0 Å². The van der Waals surface area contributed by atoms with Crippen molar-refractivity contribution < 1.29 is 13.9 Å². The number of methoxy groups -OCH3 is 1. The van der Waals surface area contributed by atoms with E-state index in [-0.39, 0.29) is 19.8 Å². The lowest BCUT2D eigenvalue weighted by Gasteiger charge is -2.07. The van der Waals surface area contributed by atoms with Crippen LogP contribution >= 0.6 is 34.2 Å². The number of hydrogen-bond donors (Lipinski definition) is 1. The van der Waals surface area contributed by atoms with Crippen LogP contribution in [0.15, 0.2) is 6.07 Å². The molecule has 0 aliphatic heterocycles. The zero-order valence-corrected chi connectivity index (χ0v) is 10.0. The van der Waals surface area contributed by atoms with Crippen molar-refractivity contribution in [3.8, 4) is 0 Å². The molecule has 0 saturated heterocycles. The van der Waals surface area contributed by atoms with Gasteiger partial charge in [-0.3, -0.25) is 0 Å². The topological polar surface area (TPSA) is 52.3 Å². The Bertz CT molecular complexity index is 397. The molecule has 0 spiro atoms. The third-order valence-corrected chi connectivity index (χ3v) is 3.25. The Morgan fingerprint density at radius 1 is 1.71 bits per heavy atom. The first-order valence-corrected chi connectivity index (χ1v) is 4.96. The van der Waals surface area contributed by atoms with Crippen molar-refractivity contribution in [3.63, 3.8) is 0 Å². The Labute approximate surface area is 98.5 Å². The lowest BCUT2D eigenvalue weighted by molar-refractivity contribution is 0.0596. The van der Waals surface area contributed by atoms with E-state index in [4.69, 9.17) is 17.3 Å². The van der Waals surface area contributed by atoms with Crippen LogP contribution in [0, 0.1) is 9.39 Å². The molecule has 3 nitrogen and oxygen atoms in total. The highest BCUT2D eigenvalue weighted by molar-refractivity contribution is 14.1. The Hall–Kier alpha value is -0.560. The van der Waals surface area contributed by atoms with Gasteiger partial charge in [0.05, 0.1) is 21.4 Å². The predicted molar refractivity (Wildman–Crippen MR) is 59.9 cm³/mol. The lowest BCUT2D eigenvalue weighted by atomic mass is 10.1. The van der Waals surface area contributed by atoms with E-state index in [2.05, 4.69) is 4.74 Å². The highest BCUT2D eigenvalue weighted by atomic mass is 127. The first kappa shape index (κ1) is 11.5. The summed E-state index contributed by atoms with van der Waals surface area (Å²) in [5.41, 5.74) is 5.13. The molecule has 0 heterocycles. The molecule has 1 aromatic carbocycles. The zero-order valence-electron chi connectivity index (χ0n) is 7.11. The van der Waals surface area contributed by atoms with E-state index in [0.717, 1.165) is 7.11 Å². The number of esters is 1. The van der Waals surface area contributed by atoms with Crippen LogP contribution in [-0.2, 0) is 4.74 Å². The van der Waals surface area contributed by atoms with E-state index in [1.807, 2.05) is 0 Å². The molecule has 0 aromatic heterocycles. The maximum absolute atomic E-state index is 13.5. The highest BCUT2D eigenvalue weighted by Crippen LogP contribution is 2.29. The second-order valence-electron chi connectivity index (χ2n) is 2.44. The fraction of sp³-hybridized carbons (Fsp3) is 0.125. The minimum absolute atomic E-state index is 0.0280. The molecular weight excluding hydrogens is 323 g/mol. The molecule has 1 rings (SSSR count). The van der Waals surface area contributed by atoms with E-state index in [0.29, 0.717) is 0 Å². The van der Waals surface area contributed by atoms with Crippen molar-refractivity contribution >= 4 is 45.8 Å². The third kappa shape index (κ3) is 1.93. The van der Waals surface area contributed by atoms with Crippen LogP contribution in [0.2, 0.25) is 5.02 Å². The smallest absolute Gasteiger partial charge is 0.343 e. The van der Waals surface area contributed by atoms with Crippen LogP contribution in [0.25, 0.3) is 0 Å². The maximum atomic E-state index is 13.5. The number of carbonyl (C=O) groups excluding carboxylic acids is 1. The fourth-order valence-electron chi connectivity index (χ4n) is 0.923. The molecule has 0 fully saturated rings. The third-order valence-electron chi connectivity index (χ3n) is 1.58. The minimum atomic E-state index is -0.811. The molecule has 0 radical (unpaired) electrons. The van der Waals surface area contributed by atoms with Gasteiger partial charge in [0, 0.05) is 0 Å². The first-order chi connectivity index (χ1) is 6.49. The molecule has 0 aliphatic carbocycles. The summed E-state index contributed by atoms with van der Waals surface area (Å²) in [5, 5.41) is 0.174. The van der Waals surface area contributed by atoms with Gasteiger partial charge in [-0.2, -0.15) is 0 Å². The van der Waals surface area contributed by atoms with Crippen LogP contribution < -0.4 is 5.73 Å². The molecule has 76 valence electrons. The average Bonchev–Trinajstić information content (AvgIpc) is 2.14. The summed E-state index contributed by atoms with van der Waals surface area (Å²) in [6.07, 6.45) is 0. The number of carbonyl (C=O) groups is 1. The SMILES string of the molecule is COC(=O)c1c(N)cc(Cl)c(I)c1F. The van der Waals surface area contributed by atoms with E-state index < -0.39 is 11.8 Å². The van der Waals surface area contributed by atoms with Crippen molar-refractivity contribution in [2.45, 2.75) is 0 Å². The first-order valence-electron chi connectivity index (χ1n) is 3.50. The number of benzene rings is 1. The number of hydrogen-bond acceptors (Lipinski definition) is 3. The van der Waals surface area contributed by atoms with Gasteiger partial charge in [-0.05, 0) is 28.7 Å². The number of nitrogens with two attached hydrogens (primary N) is 1. The minimum Gasteiger partial charge on any atom is -0.465 e. The summed E-state index contributed by atoms with van der Waals surface area (Å²) < 4.78 is 18.0. The summed E-state index contributed by atoms with van der Waals surface area (Å²) in [5.74, 6) is -1.56. The summed E-state index contributed by atoms with van der Waals surface area (Å²) in [6.45, 7) is 0. The van der Waals surface area contributed by atoms with Crippen LogP contribution in [0.3, 0.4) is 0 Å². The second-order valence-corrected chi connectivity index (χ2v) is 3.93. The monoisotopic (exact) mass is 329 g/mol.